The minimum Gasteiger partial charge on any atom is -0.462 e. The Bertz CT molecular complexity index is 1400. The van der Waals surface area contributed by atoms with Crippen LogP contribution in [0.25, 0.3) is 0 Å². The number of carbonyl (C=O) groups excluding carboxylic acids is 2. The van der Waals surface area contributed by atoms with Gasteiger partial charge < -0.3 is 49.7 Å². The molecule has 374 valence electrons. The molecule has 0 amide bonds. The maximum atomic E-state index is 13.0. The minimum atomic E-state index is -5.37. The summed E-state index contributed by atoms with van der Waals surface area (Å²) < 4.78 is 49.3. The summed E-state index contributed by atoms with van der Waals surface area (Å²) in [5, 5.41) is 51.4. The number of hydrogen-bond acceptors (Lipinski definition) is 14. The van der Waals surface area contributed by atoms with Crippen LogP contribution < -0.4 is 0 Å². The third kappa shape index (κ3) is 30.5. The van der Waals surface area contributed by atoms with Crippen LogP contribution in [0.4, 0.5) is 0 Å². The van der Waals surface area contributed by atoms with Crippen molar-refractivity contribution in [1.29, 1.82) is 0 Å². The summed E-state index contributed by atoms with van der Waals surface area (Å²) in [5.41, 5.74) is 0. The lowest BCUT2D eigenvalue weighted by Crippen LogP contribution is -2.64. The van der Waals surface area contributed by atoms with Gasteiger partial charge in [0, 0.05) is 12.8 Å². The number of hydrogen-bond donors (Lipinski definition) is 8. The van der Waals surface area contributed by atoms with E-state index in [0.717, 1.165) is 57.8 Å². The summed E-state index contributed by atoms with van der Waals surface area (Å²) >= 11 is 0. The molecular weight excluding hydrogens is 874 g/mol. The topological polar surface area (TPSA) is 276 Å². The number of carbonyl (C=O) groups is 2. The predicted molar refractivity (Wildman–Crippen MR) is 243 cm³/mol. The maximum Gasteiger partial charge on any atom is 0.472 e. The van der Waals surface area contributed by atoms with Crippen LogP contribution in [0.5, 0.6) is 0 Å². The molecule has 0 radical (unpaired) electrons. The molecule has 1 rings (SSSR count). The number of aliphatic hydroxyl groups excluding tert-OH is 5. The smallest absolute Gasteiger partial charge is 0.462 e. The number of rotatable bonds is 39. The quantitative estimate of drug-likeness (QED) is 0.00963. The average Bonchev–Trinajstić information content (AvgIpc) is 3.24. The van der Waals surface area contributed by atoms with Gasteiger partial charge in [0.15, 0.2) is 6.10 Å². The summed E-state index contributed by atoms with van der Waals surface area (Å²) in [5.74, 6) is -1.28. The van der Waals surface area contributed by atoms with Crippen LogP contribution in [0.2, 0.25) is 0 Å². The zero-order valence-corrected chi connectivity index (χ0v) is 40.1. The van der Waals surface area contributed by atoms with Crippen molar-refractivity contribution >= 4 is 27.6 Å². The standard InChI is InChI=1S/C45H82O17P2/c1-3-5-7-9-11-12-13-14-15-16-17-18-20-24-28-32-38(47)58-34-37(60-39(48)33-29-25-21-23-27-31-36(46)30-26-22-19-10-8-6-4-2)35-59-64(56,57)62-45-42(51)40(49)41(50)44(43(45)52)61-63(53,54)55/h6,8,19,22,26,30,36-37,40-46,49-52H,3-5,7,9-18,20-21,23-25,27-29,31-35H2,1-2H3,(H,56,57)(H2,53,54,55)/b8-6+,22-19+,30-26+/t36?,37-,40?,41?,42?,43?,44-,45+/m1/s1. The first-order valence-corrected chi connectivity index (χ1v) is 26.7. The van der Waals surface area contributed by atoms with E-state index in [1.807, 2.05) is 18.2 Å². The number of ether oxygens (including phenoxy) is 2. The lowest BCUT2D eigenvalue weighted by molar-refractivity contribution is -0.216. The molecule has 6 unspecified atom stereocenters. The largest absolute Gasteiger partial charge is 0.472 e. The molecule has 0 aromatic carbocycles. The first-order chi connectivity index (χ1) is 30.5. The van der Waals surface area contributed by atoms with Crippen LogP contribution in [0.15, 0.2) is 36.5 Å². The molecule has 0 spiro atoms. The fraction of sp³-hybridized carbons (Fsp3) is 0.822. The van der Waals surface area contributed by atoms with E-state index in [1.165, 1.54) is 64.2 Å². The maximum absolute atomic E-state index is 13.0. The Balaban J connectivity index is 2.63. The highest BCUT2D eigenvalue weighted by atomic mass is 31.2. The molecule has 1 fully saturated rings. The van der Waals surface area contributed by atoms with Gasteiger partial charge in [-0.3, -0.25) is 23.2 Å². The first-order valence-electron chi connectivity index (χ1n) is 23.6. The van der Waals surface area contributed by atoms with E-state index in [0.29, 0.717) is 25.7 Å². The van der Waals surface area contributed by atoms with E-state index >= 15 is 0 Å². The van der Waals surface area contributed by atoms with Crippen molar-refractivity contribution in [1.82, 2.24) is 0 Å². The van der Waals surface area contributed by atoms with Crippen molar-refractivity contribution in [3.05, 3.63) is 36.5 Å². The average molecular weight is 957 g/mol. The van der Waals surface area contributed by atoms with Gasteiger partial charge in [-0.05, 0) is 32.1 Å². The van der Waals surface area contributed by atoms with Gasteiger partial charge in [-0.15, -0.1) is 0 Å². The molecule has 17 nitrogen and oxygen atoms in total. The Morgan fingerprint density at radius 2 is 1.08 bits per heavy atom. The normalized spacial score (nSPS) is 22.6. The molecule has 1 aliphatic carbocycles. The summed E-state index contributed by atoms with van der Waals surface area (Å²) in [6.07, 6.45) is 19.7. The van der Waals surface area contributed by atoms with E-state index in [9.17, 15) is 49.1 Å². The first kappa shape index (κ1) is 60.2. The van der Waals surface area contributed by atoms with Gasteiger partial charge in [-0.2, -0.15) is 0 Å². The van der Waals surface area contributed by atoms with Gasteiger partial charge in [0.2, 0.25) is 0 Å². The van der Waals surface area contributed by atoms with Gasteiger partial charge in [-0.25, -0.2) is 9.13 Å². The number of unbranched alkanes of at least 4 members (excludes halogenated alkanes) is 18. The molecule has 19 heteroatoms. The van der Waals surface area contributed by atoms with Crippen molar-refractivity contribution in [3.8, 4) is 0 Å². The molecule has 0 aromatic rings. The molecule has 64 heavy (non-hydrogen) atoms. The fourth-order valence-corrected chi connectivity index (χ4v) is 8.69. The van der Waals surface area contributed by atoms with Crippen LogP contribution in [0.1, 0.15) is 174 Å². The van der Waals surface area contributed by atoms with Gasteiger partial charge in [0.25, 0.3) is 0 Å². The van der Waals surface area contributed by atoms with E-state index in [2.05, 4.69) is 30.5 Å². The van der Waals surface area contributed by atoms with Crippen molar-refractivity contribution in [2.75, 3.05) is 13.2 Å². The number of esters is 2. The molecule has 9 atom stereocenters. The molecular formula is C45H82O17P2. The number of allylic oxidation sites excluding steroid dienone is 5. The highest BCUT2D eigenvalue weighted by Crippen LogP contribution is 2.49. The van der Waals surface area contributed by atoms with Crippen LogP contribution in [-0.4, -0.2) is 114 Å². The van der Waals surface area contributed by atoms with E-state index in [4.69, 9.17) is 28.3 Å². The Morgan fingerprint density at radius 3 is 1.61 bits per heavy atom. The Hall–Kier alpha value is -1.82. The number of aliphatic hydroxyl groups is 5. The molecule has 0 aliphatic heterocycles. The Morgan fingerprint density at radius 1 is 0.578 bits per heavy atom. The van der Waals surface area contributed by atoms with Crippen LogP contribution in [0, 0.1) is 0 Å². The van der Waals surface area contributed by atoms with Gasteiger partial charge >= 0.3 is 27.6 Å². The monoisotopic (exact) mass is 957 g/mol. The fourth-order valence-electron chi connectivity index (χ4n) is 7.15. The van der Waals surface area contributed by atoms with Crippen LogP contribution in [0.3, 0.4) is 0 Å². The van der Waals surface area contributed by atoms with Crippen LogP contribution in [-0.2, 0) is 41.8 Å². The molecule has 0 aromatic heterocycles. The lowest BCUT2D eigenvalue weighted by atomic mass is 9.85. The SMILES string of the molecule is CC/C=C/C/C=C/C=C/C(O)CCCCCCCC(=O)O[C@H](COC(=O)CCCCCCCCCCCCCCCCC)COP(=O)(O)O[C@H]1C(O)C(O)C(O)[C@@H](OP(=O)(O)O)C1O. The molecule has 8 N–H and O–H groups in total. The number of phosphoric acid groups is 2. The molecule has 0 saturated heterocycles. The van der Waals surface area contributed by atoms with Crippen molar-refractivity contribution < 1.29 is 82.0 Å². The van der Waals surface area contributed by atoms with Crippen molar-refractivity contribution in [2.45, 2.75) is 223 Å². The van der Waals surface area contributed by atoms with E-state index in [1.54, 1.807) is 6.08 Å². The Labute approximate surface area is 381 Å². The van der Waals surface area contributed by atoms with Crippen molar-refractivity contribution in [3.63, 3.8) is 0 Å². The summed E-state index contributed by atoms with van der Waals surface area (Å²) in [7, 11) is -10.7. The molecule has 1 saturated carbocycles. The lowest BCUT2D eigenvalue weighted by Gasteiger charge is -2.43. The molecule has 0 bridgehead atoms. The zero-order valence-electron chi connectivity index (χ0n) is 38.3. The summed E-state index contributed by atoms with van der Waals surface area (Å²) in [6.45, 7) is 2.90. The van der Waals surface area contributed by atoms with Gasteiger partial charge in [-0.1, -0.05) is 166 Å². The zero-order chi connectivity index (χ0) is 47.6. The highest BCUT2D eigenvalue weighted by molar-refractivity contribution is 7.47. The highest BCUT2D eigenvalue weighted by Gasteiger charge is 2.54. The van der Waals surface area contributed by atoms with E-state index in [-0.39, 0.29) is 12.8 Å². The molecule has 1 aliphatic rings. The van der Waals surface area contributed by atoms with Crippen molar-refractivity contribution in [2.24, 2.45) is 0 Å². The molecule has 0 heterocycles. The minimum absolute atomic E-state index is 0.0242. The second-order valence-corrected chi connectivity index (χ2v) is 19.3. The summed E-state index contributed by atoms with van der Waals surface area (Å²) in [4.78, 5) is 54.3. The number of phosphoric ester groups is 2. The van der Waals surface area contributed by atoms with Gasteiger partial charge in [0.05, 0.1) is 12.7 Å². The second-order valence-electron chi connectivity index (χ2n) is 16.7. The third-order valence-electron chi connectivity index (χ3n) is 10.8. The van der Waals surface area contributed by atoms with Gasteiger partial charge in [0.1, 0.15) is 43.2 Å². The third-order valence-corrected chi connectivity index (χ3v) is 12.3. The Kier molecular flexibility index (Phi) is 34.1. The van der Waals surface area contributed by atoms with Crippen LogP contribution >= 0.6 is 15.6 Å². The predicted octanol–water partition coefficient (Wildman–Crippen LogP) is 7.70. The second kappa shape index (κ2) is 36.3. The van der Waals surface area contributed by atoms with E-state index < -0.39 is 89.6 Å². The summed E-state index contributed by atoms with van der Waals surface area (Å²) in [6, 6.07) is 0.